The Labute approximate surface area is 316 Å². The number of nitrogens with one attached hydrogen (secondary N) is 1. The SMILES string of the molecule is CCOc1cc(C(F)(F)F)ccc1C1=NC(c2ccc(Cl)cc2)C(c2ccc(Cl)cc2)N1C(=O)N1CCC(NC(=O)CN2CCCC(C(N)=O)C2)CC1. The van der Waals surface area contributed by atoms with Gasteiger partial charge in [0.05, 0.1) is 36.2 Å². The van der Waals surface area contributed by atoms with Crippen molar-refractivity contribution < 1.29 is 32.3 Å². The highest BCUT2D eigenvalue weighted by Crippen LogP contribution is 2.46. The smallest absolute Gasteiger partial charge is 0.416 e. The van der Waals surface area contributed by atoms with Gasteiger partial charge in [0.1, 0.15) is 17.6 Å². The maximum absolute atomic E-state index is 14.8. The van der Waals surface area contributed by atoms with E-state index in [1.54, 1.807) is 48.2 Å². The number of hydrogen-bond donors (Lipinski definition) is 2. The lowest BCUT2D eigenvalue weighted by Crippen LogP contribution is -2.53. The number of nitrogens with zero attached hydrogens (tertiary/aromatic N) is 4. The summed E-state index contributed by atoms with van der Waals surface area (Å²) >= 11 is 12.5. The molecule has 3 aliphatic heterocycles. The van der Waals surface area contributed by atoms with Crippen molar-refractivity contribution in [3.63, 3.8) is 0 Å². The van der Waals surface area contributed by atoms with E-state index in [-0.39, 0.29) is 54.1 Å². The minimum absolute atomic E-state index is 0.0530. The van der Waals surface area contributed by atoms with E-state index < -0.39 is 29.9 Å². The van der Waals surface area contributed by atoms with Crippen LogP contribution in [0, 0.1) is 5.92 Å². The van der Waals surface area contributed by atoms with Gasteiger partial charge in [0, 0.05) is 35.7 Å². The lowest BCUT2D eigenvalue weighted by Gasteiger charge is -2.38. The fourth-order valence-corrected chi connectivity index (χ4v) is 7.54. The second-order valence-corrected chi connectivity index (χ2v) is 14.4. The van der Waals surface area contributed by atoms with Crippen LogP contribution in [0.25, 0.3) is 0 Å². The molecule has 0 saturated carbocycles. The number of carbonyl (C=O) groups excluding carboxylic acids is 3. The molecule has 0 radical (unpaired) electrons. The van der Waals surface area contributed by atoms with Gasteiger partial charge in [0.15, 0.2) is 0 Å². The fourth-order valence-electron chi connectivity index (χ4n) is 7.29. The molecule has 3 aromatic rings. The number of aliphatic imine (C=N–C) groups is 1. The second kappa shape index (κ2) is 16.4. The number of primary amides is 1. The van der Waals surface area contributed by atoms with Gasteiger partial charge in [0.25, 0.3) is 0 Å². The number of nitrogens with two attached hydrogens (primary N) is 1. The average Bonchev–Trinajstić information content (AvgIpc) is 3.52. The summed E-state index contributed by atoms with van der Waals surface area (Å²) in [5, 5.41) is 4.08. The predicted molar refractivity (Wildman–Crippen MR) is 196 cm³/mol. The highest BCUT2D eigenvalue weighted by atomic mass is 35.5. The molecule has 2 fully saturated rings. The number of amides is 4. The summed E-state index contributed by atoms with van der Waals surface area (Å²) in [7, 11) is 0. The Bertz CT molecular complexity index is 1830. The molecule has 0 bridgehead atoms. The maximum Gasteiger partial charge on any atom is 0.416 e. The number of amidine groups is 1. The van der Waals surface area contributed by atoms with Crippen molar-refractivity contribution in [2.45, 2.75) is 56.9 Å². The number of piperidine rings is 2. The van der Waals surface area contributed by atoms with Crippen molar-refractivity contribution in [1.29, 1.82) is 0 Å². The van der Waals surface area contributed by atoms with Gasteiger partial charge in [-0.1, -0.05) is 47.5 Å². The summed E-state index contributed by atoms with van der Waals surface area (Å²) in [5.74, 6) is -0.675. The average molecular weight is 774 g/mol. The summed E-state index contributed by atoms with van der Waals surface area (Å²) in [6.07, 6.45) is -2.14. The minimum Gasteiger partial charge on any atom is -0.493 e. The van der Waals surface area contributed by atoms with Crippen LogP contribution in [0.3, 0.4) is 0 Å². The van der Waals surface area contributed by atoms with E-state index in [1.807, 2.05) is 17.0 Å². The molecule has 53 heavy (non-hydrogen) atoms. The molecule has 15 heteroatoms. The third-order valence-electron chi connectivity index (χ3n) is 9.95. The van der Waals surface area contributed by atoms with Crippen LogP contribution in [0.2, 0.25) is 10.0 Å². The highest BCUT2D eigenvalue weighted by molar-refractivity contribution is 6.30. The fraction of sp³-hybridized carbons (Fsp3) is 0.421. The molecule has 3 N–H and O–H groups in total. The molecule has 3 aliphatic rings. The Morgan fingerprint density at radius 2 is 1.57 bits per heavy atom. The van der Waals surface area contributed by atoms with Gasteiger partial charge < -0.3 is 20.7 Å². The zero-order valence-corrected chi connectivity index (χ0v) is 30.6. The van der Waals surface area contributed by atoms with Crippen LogP contribution in [-0.4, -0.2) is 83.8 Å². The molecule has 0 aliphatic carbocycles. The van der Waals surface area contributed by atoms with Gasteiger partial charge in [-0.2, -0.15) is 13.2 Å². The van der Waals surface area contributed by atoms with Crippen molar-refractivity contribution in [3.8, 4) is 5.75 Å². The number of benzene rings is 3. The second-order valence-electron chi connectivity index (χ2n) is 13.5. The molecule has 3 unspecified atom stereocenters. The molecule has 282 valence electrons. The topological polar surface area (TPSA) is 121 Å². The van der Waals surface area contributed by atoms with E-state index in [0.29, 0.717) is 61.1 Å². The molecule has 3 aromatic carbocycles. The number of alkyl halides is 3. The van der Waals surface area contributed by atoms with Crippen LogP contribution in [-0.2, 0) is 15.8 Å². The Kier molecular flexibility index (Phi) is 11.9. The van der Waals surface area contributed by atoms with Crippen LogP contribution >= 0.6 is 23.2 Å². The maximum atomic E-state index is 14.8. The number of urea groups is 1. The third kappa shape index (κ3) is 8.90. The first-order chi connectivity index (χ1) is 25.3. The van der Waals surface area contributed by atoms with Crippen LogP contribution in [0.4, 0.5) is 18.0 Å². The van der Waals surface area contributed by atoms with Gasteiger partial charge in [-0.3, -0.25) is 24.4 Å². The molecule has 0 aromatic heterocycles. The van der Waals surface area contributed by atoms with Gasteiger partial charge in [-0.15, -0.1) is 0 Å². The van der Waals surface area contributed by atoms with Gasteiger partial charge >= 0.3 is 12.2 Å². The Balaban J connectivity index is 1.29. The summed E-state index contributed by atoms with van der Waals surface area (Å²) in [5.41, 5.74) is 6.30. The largest absolute Gasteiger partial charge is 0.493 e. The van der Waals surface area contributed by atoms with Crippen molar-refractivity contribution >= 4 is 46.9 Å². The number of likely N-dealkylation sites (tertiary alicyclic amines) is 2. The molecular weight excluding hydrogens is 732 g/mol. The van der Waals surface area contributed by atoms with Crippen molar-refractivity contribution in [1.82, 2.24) is 20.0 Å². The molecular formula is C38H41Cl2F3N6O4. The number of carbonyl (C=O) groups is 3. The van der Waals surface area contributed by atoms with E-state index in [4.69, 9.17) is 38.7 Å². The molecule has 3 heterocycles. The zero-order valence-electron chi connectivity index (χ0n) is 29.1. The number of rotatable bonds is 9. The van der Waals surface area contributed by atoms with Crippen LogP contribution in [0.5, 0.6) is 5.75 Å². The lowest BCUT2D eigenvalue weighted by molar-refractivity contribution is -0.137. The number of halogens is 5. The predicted octanol–water partition coefficient (Wildman–Crippen LogP) is 6.85. The summed E-state index contributed by atoms with van der Waals surface area (Å²) in [6.45, 7) is 3.69. The molecule has 2 saturated heterocycles. The first-order valence-corrected chi connectivity index (χ1v) is 18.4. The first-order valence-electron chi connectivity index (χ1n) is 17.6. The van der Waals surface area contributed by atoms with Crippen LogP contribution in [0.1, 0.15) is 66.9 Å². The van der Waals surface area contributed by atoms with Gasteiger partial charge in [-0.05, 0) is 92.7 Å². The monoisotopic (exact) mass is 772 g/mol. The summed E-state index contributed by atoms with van der Waals surface area (Å²) in [4.78, 5) is 49.7. The Morgan fingerprint density at radius 1 is 0.925 bits per heavy atom. The molecule has 0 spiro atoms. The van der Waals surface area contributed by atoms with E-state index in [2.05, 4.69) is 5.32 Å². The number of hydrogen-bond acceptors (Lipinski definition) is 6. The normalized spacial score (nSPS) is 21.3. The minimum atomic E-state index is -4.62. The van der Waals surface area contributed by atoms with Crippen molar-refractivity contribution in [2.75, 3.05) is 39.3 Å². The first kappa shape index (κ1) is 38.4. The van der Waals surface area contributed by atoms with Gasteiger partial charge in [0.2, 0.25) is 11.8 Å². The molecule has 3 atom stereocenters. The van der Waals surface area contributed by atoms with Crippen LogP contribution < -0.4 is 15.8 Å². The van der Waals surface area contributed by atoms with Crippen LogP contribution in [0.15, 0.2) is 71.7 Å². The summed E-state index contributed by atoms with van der Waals surface area (Å²) in [6, 6.07) is 15.4. The van der Waals surface area contributed by atoms with Crippen molar-refractivity contribution in [3.05, 3.63) is 99.0 Å². The number of ether oxygens (including phenoxy) is 1. The summed E-state index contributed by atoms with van der Waals surface area (Å²) < 4.78 is 47.3. The molecule has 10 nitrogen and oxygen atoms in total. The van der Waals surface area contributed by atoms with Crippen molar-refractivity contribution in [2.24, 2.45) is 16.6 Å². The third-order valence-corrected chi connectivity index (χ3v) is 10.5. The molecule has 6 rings (SSSR count). The zero-order chi connectivity index (χ0) is 37.9. The lowest BCUT2D eigenvalue weighted by atomic mass is 9.93. The van der Waals surface area contributed by atoms with Gasteiger partial charge in [-0.25, -0.2) is 4.79 Å². The quantitative estimate of drug-likeness (QED) is 0.247. The standard InChI is InChI=1S/C38H41Cl2F3N6O4/c1-2-53-31-20-26(38(41,42)43)9-14-30(31)36-46-33(23-5-10-27(39)11-6-23)34(24-7-12-28(40)13-8-24)49(36)37(52)48-18-15-29(16-19-48)45-32(50)22-47-17-3-4-25(21-47)35(44)51/h5-14,20,25,29,33-34H,2-4,15-19,21-22H2,1H3,(H2,44,51)(H,45,50). The highest BCUT2D eigenvalue weighted by Gasteiger charge is 2.45. The molecule has 4 amide bonds. The Hall–Kier alpha value is -4.33. The van der Waals surface area contributed by atoms with E-state index in [1.165, 1.54) is 11.0 Å². The van der Waals surface area contributed by atoms with E-state index >= 15 is 0 Å². The van der Waals surface area contributed by atoms with E-state index in [0.717, 1.165) is 24.1 Å². The Morgan fingerprint density at radius 3 is 2.17 bits per heavy atom. The van der Waals surface area contributed by atoms with E-state index in [9.17, 15) is 27.6 Å².